The van der Waals surface area contributed by atoms with Crippen LogP contribution in [0.2, 0.25) is 0 Å². The van der Waals surface area contributed by atoms with Crippen molar-refractivity contribution in [2.75, 3.05) is 18.5 Å². The Hall–Kier alpha value is -3.23. The second-order valence-corrected chi connectivity index (χ2v) is 8.67. The summed E-state index contributed by atoms with van der Waals surface area (Å²) in [4.78, 5) is 25.6. The Morgan fingerprint density at radius 3 is 2.48 bits per heavy atom. The summed E-state index contributed by atoms with van der Waals surface area (Å²) >= 11 is 6.67. The molecule has 3 rings (SSSR count). The van der Waals surface area contributed by atoms with Crippen molar-refractivity contribution in [1.82, 2.24) is 5.32 Å². The van der Waals surface area contributed by atoms with E-state index in [2.05, 4.69) is 10.6 Å². The second kappa shape index (κ2) is 12.1. The fourth-order valence-corrected chi connectivity index (χ4v) is 4.31. The Morgan fingerprint density at radius 1 is 1.06 bits per heavy atom. The van der Waals surface area contributed by atoms with Crippen molar-refractivity contribution >= 4 is 45.5 Å². The number of nitrogens with one attached hydrogen (secondary N) is 2. The number of amides is 1. The molecule has 0 aliphatic rings. The van der Waals surface area contributed by atoms with Crippen LogP contribution in [0.15, 0.2) is 60.7 Å². The number of rotatable bonds is 9. The van der Waals surface area contributed by atoms with E-state index in [0.717, 1.165) is 21.8 Å². The van der Waals surface area contributed by atoms with Gasteiger partial charge in [-0.3, -0.25) is 4.79 Å². The molecule has 0 aliphatic carbocycles. The molecule has 0 bridgehead atoms. The smallest absolute Gasteiger partial charge is 0.341 e. The molecule has 0 aliphatic heterocycles. The molecule has 33 heavy (non-hydrogen) atoms. The molecular weight excluding hydrogens is 456 g/mol. The summed E-state index contributed by atoms with van der Waals surface area (Å²) in [6, 6.07) is 19.2. The van der Waals surface area contributed by atoms with Crippen molar-refractivity contribution in [2.24, 2.45) is 0 Å². The Kier molecular flexibility index (Phi) is 8.97. The minimum atomic E-state index is -0.444. The summed E-state index contributed by atoms with van der Waals surface area (Å²) in [5.74, 6) is 0.106. The van der Waals surface area contributed by atoms with Gasteiger partial charge in [-0.25, -0.2) is 4.79 Å². The van der Waals surface area contributed by atoms with Crippen LogP contribution in [0.5, 0.6) is 5.75 Å². The molecule has 0 unspecified atom stereocenters. The molecule has 0 fully saturated rings. The predicted octanol–water partition coefficient (Wildman–Crippen LogP) is 5.57. The van der Waals surface area contributed by atoms with Gasteiger partial charge in [0, 0.05) is 11.3 Å². The van der Waals surface area contributed by atoms with E-state index >= 15 is 0 Å². The number of esters is 1. The minimum absolute atomic E-state index is 0.131. The first-order valence-electron chi connectivity index (χ1n) is 10.6. The van der Waals surface area contributed by atoms with Gasteiger partial charge in [0.1, 0.15) is 10.8 Å². The first-order valence-corrected chi connectivity index (χ1v) is 11.9. The van der Waals surface area contributed by atoms with Crippen LogP contribution >= 0.6 is 23.6 Å². The number of hydrogen-bond acceptors (Lipinski definition) is 6. The fraction of sp³-hybridized carbons (Fsp3) is 0.240. The number of hydrogen-bond donors (Lipinski definition) is 2. The molecule has 6 nitrogen and oxygen atoms in total. The fourth-order valence-electron chi connectivity index (χ4n) is 2.97. The predicted molar refractivity (Wildman–Crippen MR) is 136 cm³/mol. The zero-order valence-corrected chi connectivity index (χ0v) is 20.2. The summed E-state index contributed by atoms with van der Waals surface area (Å²) < 4.78 is 10.8. The SMILES string of the molecule is CCOC(=O)c1cc(-c2ccccc2)sc1NC(=S)NC(=O)CCCOc1ccc(C)cc1. The molecule has 2 N–H and O–H groups in total. The number of ether oxygens (including phenoxy) is 2. The monoisotopic (exact) mass is 482 g/mol. The number of anilines is 1. The van der Waals surface area contributed by atoms with Crippen molar-refractivity contribution < 1.29 is 19.1 Å². The molecule has 3 aromatic rings. The summed E-state index contributed by atoms with van der Waals surface area (Å²) in [5.41, 5.74) is 2.52. The topological polar surface area (TPSA) is 76.7 Å². The van der Waals surface area contributed by atoms with Gasteiger partial charge >= 0.3 is 5.97 Å². The summed E-state index contributed by atoms with van der Waals surface area (Å²) in [7, 11) is 0. The molecule has 1 aromatic heterocycles. The van der Waals surface area contributed by atoms with E-state index in [1.165, 1.54) is 11.3 Å². The number of thiocarbonyl (C=S) groups is 1. The highest BCUT2D eigenvalue weighted by Gasteiger charge is 2.19. The van der Waals surface area contributed by atoms with Gasteiger partial charge in [-0.1, -0.05) is 48.0 Å². The Morgan fingerprint density at radius 2 is 1.79 bits per heavy atom. The first-order chi connectivity index (χ1) is 16.0. The number of carbonyl (C=O) groups is 2. The highest BCUT2D eigenvalue weighted by molar-refractivity contribution is 7.80. The van der Waals surface area contributed by atoms with Crippen molar-refractivity contribution in [3.05, 3.63) is 71.8 Å². The summed E-state index contributed by atoms with van der Waals surface area (Å²) in [6.45, 7) is 4.46. The Labute approximate surface area is 202 Å². The van der Waals surface area contributed by atoms with Gasteiger partial charge in [0.05, 0.1) is 18.8 Å². The van der Waals surface area contributed by atoms with Crippen LogP contribution < -0.4 is 15.4 Å². The summed E-state index contributed by atoms with van der Waals surface area (Å²) in [5, 5.41) is 6.30. The molecule has 0 saturated carbocycles. The molecule has 0 spiro atoms. The van der Waals surface area contributed by atoms with Crippen molar-refractivity contribution in [3.8, 4) is 16.2 Å². The van der Waals surface area contributed by atoms with Gasteiger partial charge in [-0.05, 0) is 56.2 Å². The van der Waals surface area contributed by atoms with Crippen LogP contribution in [0, 0.1) is 6.92 Å². The largest absolute Gasteiger partial charge is 0.494 e. The van der Waals surface area contributed by atoms with Crippen molar-refractivity contribution in [2.45, 2.75) is 26.7 Å². The maximum atomic E-state index is 12.4. The first kappa shape index (κ1) is 24.4. The third-order valence-corrected chi connectivity index (χ3v) is 5.91. The molecule has 2 aromatic carbocycles. The van der Waals surface area contributed by atoms with Crippen molar-refractivity contribution in [1.29, 1.82) is 0 Å². The van der Waals surface area contributed by atoms with Crippen LogP contribution in [0.4, 0.5) is 5.00 Å². The lowest BCUT2D eigenvalue weighted by molar-refractivity contribution is -0.119. The molecule has 1 amide bonds. The Bertz CT molecular complexity index is 1100. The normalized spacial score (nSPS) is 10.4. The maximum Gasteiger partial charge on any atom is 0.341 e. The maximum absolute atomic E-state index is 12.4. The van der Waals surface area contributed by atoms with Gasteiger partial charge < -0.3 is 20.1 Å². The third kappa shape index (κ3) is 7.40. The standard InChI is InChI=1S/C25H26N2O4S2/c1-3-30-24(29)20-16-21(18-8-5-4-6-9-18)33-23(20)27-25(32)26-22(28)10-7-15-31-19-13-11-17(2)12-14-19/h4-6,8-9,11-14,16H,3,7,10,15H2,1-2H3,(H2,26,27,28,32). The average Bonchev–Trinajstić information content (AvgIpc) is 3.22. The van der Waals surface area contributed by atoms with E-state index in [4.69, 9.17) is 21.7 Å². The van der Waals surface area contributed by atoms with Crippen LogP contribution in [-0.4, -0.2) is 30.2 Å². The van der Waals surface area contributed by atoms with E-state index in [1.807, 2.05) is 61.5 Å². The highest BCUT2D eigenvalue weighted by Crippen LogP contribution is 2.35. The average molecular weight is 483 g/mol. The van der Waals surface area contributed by atoms with Crippen LogP contribution in [-0.2, 0) is 9.53 Å². The third-order valence-electron chi connectivity index (χ3n) is 4.60. The van der Waals surface area contributed by atoms with Crippen LogP contribution in [0.1, 0.15) is 35.7 Å². The quantitative estimate of drug-likeness (QED) is 0.236. The Balaban J connectivity index is 1.54. The van der Waals surface area contributed by atoms with Crippen LogP contribution in [0.25, 0.3) is 10.4 Å². The summed E-state index contributed by atoms with van der Waals surface area (Å²) in [6.07, 6.45) is 0.811. The highest BCUT2D eigenvalue weighted by atomic mass is 32.1. The number of carbonyl (C=O) groups excluding carboxylic acids is 2. The molecule has 0 saturated heterocycles. The number of aryl methyl sites for hydroxylation is 1. The lowest BCUT2D eigenvalue weighted by Crippen LogP contribution is -2.34. The van der Waals surface area contributed by atoms with Gasteiger partial charge in [0.25, 0.3) is 0 Å². The van der Waals surface area contributed by atoms with Gasteiger partial charge in [-0.2, -0.15) is 0 Å². The van der Waals surface area contributed by atoms with Gasteiger partial charge in [0.2, 0.25) is 5.91 Å². The molecule has 1 heterocycles. The van der Waals surface area contributed by atoms with Crippen LogP contribution in [0.3, 0.4) is 0 Å². The van der Waals surface area contributed by atoms with E-state index in [9.17, 15) is 9.59 Å². The van der Waals surface area contributed by atoms with E-state index < -0.39 is 5.97 Å². The lowest BCUT2D eigenvalue weighted by atomic mass is 10.1. The molecule has 0 atom stereocenters. The van der Waals surface area contributed by atoms with Gasteiger partial charge in [0.15, 0.2) is 5.11 Å². The minimum Gasteiger partial charge on any atom is -0.494 e. The van der Waals surface area contributed by atoms with Gasteiger partial charge in [-0.15, -0.1) is 11.3 Å². The molecule has 0 radical (unpaired) electrons. The molecular formula is C25H26N2O4S2. The van der Waals surface area contributed by atoms with Crippen molar-refractivity contribution in [3.63, 3.8) is 0 Å². The molecule has 172 valence electrons. The van der Waals surface area contributed by atoms with E-state index in [0.29, 0.717) is 23.6 Å². The number of thiophene rings is 1. The zero-order chi connectivity index (χ0) is 23.6. The van der Waals surface area contributed by atoms with E-state index in [-0.39, 0.29) is 24.0 Å². The number of benzene rings is 2. The zero-order valence-electron chi connectivity index (χ0n) is 18.6. The molecule has 8 heteroatoms. The second-order valence-electron chi connectivity index (χ2n) is 7.21. The van der Waals surface area contributed by atoms with E-state index in [1.54, 1.807) is 13.0 Å². The lowest BCUT2D eigenvalue weighted by Gasteiger charge is -2.10.